The Morgan fingerprint density at radius 2 is 1.68 bits per heavy atom. The summed E-state index contributed by atoms with van der Waals surface area (Å²) in [6.07, 6.45) is 2.99. The van der Waals surface area contributed by atoms with Gasteiger partial charge in [0.15, 0.2) is 15.1 Å². The molecular formula is C28H31N3O5S2. The highest BCUT2D eigenvalue weighted by atomic mass is 32.2. The maximum absolute atomic E-state index is 13.0. The summed E-state index contributed by atoms with van der Waals surface area (Å²) in [6.45, 7) is 2.07. The monoisotopic (exact) mass is 553 g/mol. The van der Waals surface area contributed by atoms with Crippen molar-refractivity contribution in [1.29, 1.82) is 0 Å². The molecule has 8 nitrogen and oxygen atoms in total. The van der Waals surface area contributed by atoms with E-state index in [1.807, 2.05) is 30.3 Å². The maximum atomic E-state index is 13.0. The number of ether oxygens (including phenoxy) is 1. The first-order valence-electron chi connectivity index (χ1n) is 12.5. The highest BCUT2D eigenvalue weighted by Crippen LogP contribution is 2.24. The van der Waals surface area contributed by atoms with Gasteiger partial charge in [0.05, 0.1) is 10.6 Å². The number of benzene rings is 3. The standard InChI is InChI=1S/C28H31N3O5S2/c1-2-3-7-20-10-16-24(17-11-20)38(34,35)25-18-29-28(31-27(25)33)37-19-26(32)30-21-12-14-23(15-13-21)36-22-8-5-4-6-9-22/h4-6,8-17,25,28-29H,2-3,7,18-19H2,1H3,(H,30,32)(H,31,33). The number of hydrogen-bond donors (Lipinski definition) is 3. The molecule has 0 aromatic heterocycles. The van der Waals surface area contributed by atoms with Crippen LogP contribution in [0.3, 0.4) is 0 Å². The molecule has 38 heavy (non-hydrogen) atoms. The molecule has 3 aromatic carbocycles. The van der Waals surface area contributed by atoms with E-state index in [0.29, 0.717) is 11.4 Å². The highest BCUT2D eigenvalue weighted by Gasteiger charge is 2.38. The Morgan fingerprint density at radius 3 is 2.34 bits per heavy atom. The third-order valence-electron chi connectivity index (χ3n) is 6.00. The fourth-order valence-corrected chi connectivity index (χ4v) is 6.22. The minimum Gasteiger partial charge on any atom is -0.457 e. The molecule has 2 unspecified atom stereocenters. The van der Waals surface area contributed by atoms with Crippen LogP contribution in [-0.4, -0.2) is 43.3 Å². The lowest BCUT2D eigenvalue weighted by molar-refractivity contribution is -0.122. The number of unbranched alkanes of at least 4 members (excludes halogenated alkanes) is 1. The Labute approximate surface area is 227 Å². The molecule has 0 aliphatic carbocycles. The van der Waals surface area contributed by atoms with Crippen LogP contribution in [0.1, 0.15) is 25.3 Å². The SMILES string of the molecule is CCCCc1ccc(S(=O)(=O)C2CNC(SCC(=O)Nc3ccc(Oc4ccccc4)cc3)NC2=O)cc1. The lowest BCUT2D eigenvalue weighted by Gasteiger charge is -2.29. The summed E-state index contributed by atoms with van der Waals surface area (Å²) in [5.74, 6) is 0.607. The molecule has 3 N–H and O–H groups in total. The van der Waals surface area contributed by atoms with Gasteiger partial charge in [0.2, 0.25) is 11.8 Å². The van der Waals surface area contributed by atoms with Gasteiger partial charge in [0, 0.05) is 12.2 Å². The molecular weight excluding hydrogens is 522 g/mol. The van der Waals surface area contributed by atoms with E-state index in [4.69, 9.17) is 4.74 Å². The Hall–Kier alpha value is -3.34. The van der Waals surface area contributed by atoms with E-state index >= 15 is 0 Å². The lowest BCUT2D eigenvalue weighted by Crippen LogP contribution is -2.59. The predicted octanol–water partition coefficient (Wildman–Crippen LogP) is 4.34. The quantitative estimate of drug-likeness (QED) is 0.324. The van der Waals surface area contributed by atoms with Crippen molar-refractivity contribution in [1.82, 2.24) is 10.6 Å². The van der Waals surface area contributed by atoms with Crippen LogP contribution in [0.25, 0.3) is 0 Å². The Bertz CT molecular complexity index is 1330. The van der Waals surface area contributed by atoms with Gasteiger partial charge in [0.1, 0.15) is 17.0 Å². The van der Waals surface area contributed by atoms with Crippen molar-refractivity contribution in [3.63, 3.8) is 0 Å². The second-order valence-corrected chi connectivity index (χ2v) is 12.1. The van der Waals surface area contributed by atoms with Gasteiger partial charge in [0.25, 0.3) is 0 Å². The van der Waals surface area contributed by atoms with E-state index in [1.165, 1.54) is 11.8 Å². The van der Waals surface area contributed by atoms with Gasteiger partial charge in [-0.25, -0.2) is 8.42 Å². The van der Waals surface area contributed by atoms with E-state index in [2.05, 4.69) is 22.9 Å². The molecule has 200 valence electrons. The molecule has 0 bridgehead atoms. The van der Waals surface area contributed by atoms with Crippen molar-refractivity contribution in [2.45, 2.75) is 41.8 Å². The zero-order valence-corrected chi connectivity index (χ0v) is 22.7. The van der Waals surface area contributed by atoms with E-state index in [9.17, 15) is 18.0 Å². The first-order valence-corrected chi connectivity index (χ1v) is 15.1. The topological polar surface area (TPSA) is 114 Å². The summed E-state index contributed by atoms with van der Waals surface area (Å²) in [6, 6.07) is 23.1. The van der Waals surface area contributed by atoms with E-state index < -0.39 is 26.5 Å². The van der Waals surface area contributed by atoms with Gasteiger partial charge in [-0.3, -0.25) is 14.9 Å². The number of thioether (sulfide) groups is 1. The van der Waals surface area contributed by atoms with Crippen LogP contribution in [0.15, 0.2) is 83.8 Å². The molecule has 4 rings (SSSR count). The summed E-state index contributed by atoms with van der Waals surface area (Å²) >= 11 is 1.18. The van der Waals surface area contributed by atoms with Crippen molar-refractivity contribution in [3.8, 4) is 11.5 Å². The van der Waals surface area contributed by atoms with Crippen LogP contribution in [0.2, 0.25) is 0 Å². The minimum atomic E-state index is -3.84. The molecule has 0 radical (unpaired) electrons. The Balaban J connectivity index is 1.24. The van der Waals surface area contributed by atoms with Gasteiger partial charge in [-0.05, 0) is 66.9 Å². The number of amides is 2. The van der Waals surface area contributed by atoms with Crippen molar-refractivity contribution in [3.05, 3.63) is 84.4 Å². The van der Waals surface area contributed by atoms with E-state index in [1.54, 1.807) is 48.5 Å². The average Bonchev–Trinajstić information content (AvgIpc) is 2.92. The molecule has 2 amide bonds. The van der Waals surface area contributed by atoms with Crippen molar-refractivity contribution in [2.75, 3.05) is 17.6 Å². The molecule has 1 aliphatic heterocycles. The predicted molar refractivity (Wildman–Crippen MR) is 150 cm³/mol. The summed E-state index contributed by atoms with van der Waals surface area (Å²) in [7, 11) is -3.84. The summed E-state index contributed by atoms with van der Waals surface area (Å²) in [4.78, 5) is 25.2. The zero-order chi connectivity index (χ0) is 27.0. The maximum Gasteiger partial charge on any atom is 0.241 e. The Kier molecular flexibility index (Phi) is 9.43. The van der Waals surface area contributed by atoms with Gasteiger partial charge in [-0.2, -0.15) is 0 Å². The van der Waals surface area contributed by atoms with Crippen molar-refractivity contribution in [2.24, 2.45) is 0 Å². The summed E-state index contributed by atoms with van der Waals surface area (Å²) < 4.78 is 31.8. The van der Waals surface area contributed by atoms with Gasteiger partial charge in [-0.15, -0.1) is 11.8 Å². The fraction of sp³-hybridized carbons (Fsp3) is 0.286. The highest BCUT2D eigenvalue weighted by molar-refractivity contribution is 8.00. The second kappa shape index (κ2) is 12.9. The number of carbonyl (C=O) groups is 2. The fourth-order valence-electron chi connectivity index (χ4n) is 3.91. The molecule has 1 heterocycles. The zero-order valence-electron chi connectivity index (χ0n) is 21.1. The number of anilines is 1. The van der Waals surface area contributed by atoms with Gasteiger partial charge >= 0.3 is 0 Å². The number of rotatable bonds is 11. The molecule has 0 spiro atoms. The number of aryl methyl sites for hydroxylation is 1. The van der Waals surface area contributed by atoms with E-state index in [-0.39, 0.29) is 23.1 Å². The van der Waals surface area contributed by atoms with E-state index in [0.717, 1.165) is 30.6 Å². The van der Waals surface area contributed by atoms with Gasteiger partial charge in [-0.1, -0.05) is 43.7 Å². The van der Waals surface area contributed by atoms with Gasteiger partial charge < -0.3 is 15.4 Å². The normalized spacial score (nSPS) is 17.4. The van der Waals surface area contributed by atoms with Crippen LogP contribution in [-0.2, 0) is 25.8 Å². The van der Waals surface area contributed by atoms with Crippen LogP contribution < -0.4 is 20.7 Å². The number of hydrogen-bond acceptors (Lipinski definition) is 7. The number of carbonyl (C=O) groups excluding carboxylic acids is 2. The molecule has 2 atom stereocenters. The van der Waals surface area contributed by atoms with Crippen LogP contribution in [0.4, 0.5) is 5.69 Å². The largest absolute Gasteiger partial charge is 0.457 e. The lowest BCUT2D eigenvalue weighted by atomic mass is 10.1. The molecule has 3 aromatic rings. The Morgan fingerprint density at radius 1 is 1.00 bits per heavy atom. The smallest absolute Gasteiger partial charge is 0.241 e. The molecule has 10 heteroatoms. The number of para-hydroxylation sites is 1. The molecule has 0 saturated carbocycles. The molecule has 1 fully saturated rings. The number of nitrogens with one attached hydrogen (secondary N) is 3. The van der Waals surface area contributed by atoms with Crippen LogP contribution >= 0.6 is 11.8 Å². The van der Waals surface area contributed by atoms with Crippen molar-refractivity contribution >= 4 is 39.1 Å². The molecule has 1 aliphatic rings. The third-order valence-corrected chi connectivity index (χ3v) is 9.10. The molecule has 1 saturated heterocycles. The second-order valence-electron chi connectivity index (χ2n) is 8.88. The summed E-state index contributed by atoms with van der Waals surface area (Å²) in [5.41, 5.74) is 1.12. The summed E-state index contributed by atoms with van der Waals surface area (Å²) in [5, 5.41) is 7.26. The van der Waals surface area contributed by atoms with Crippen LogP contribution in [0, 0.1) is 0 Å². The third kappa shape index (κ3) is 7.37. The minimum absolute atomic E-state index is 0.0338. The first-order chi connectivity index (χ1) is 18.3. The van der Waals surface area contributed by atoms with Crippen LogP contribution in [0.5, 0.6) is 11.5 Å². The number of sulfone groups is 1. The average molecular weight is 554 g/mol. The van der Waals surface area contributed by atoms with Crippen molar-refractivity contribution < 1.29 is 22.7 Å². The first kappa shape index (κ1) is 27.7.